The van der Waals surface area contributed by atoms with Gasteiger partial charge in [0.2, 0.25) is 0 Å². The van der Waals surface area contributed by atoms with Crippen LogP contribution in [0, 0.1) is 0 Å². The Bertz CT molecular complexity index is 545. The van der Waals surface area contributed by atoms with Crippen LogP contribution in [0.1, 0.15) is 34.9 Å². The largest absolute Gasteiger partial charge is 0.382 e. The number of benzene rings is 1. The summed E-state index contributed by atoms with van der Waals surface area (Å²) < 4.78 is 1.72. The number of aliphatic hydroxyl groups is 1. The predicted octanol–water partition coefficient (Wildman–Crippen LogP) is 1.99. The molecule has 0 saturated carbocycles. The molecule has 0 spiro atoms. The van der Waals surface area contributed by atoms with Gasteiger partial charge in [-0.25, -0.2) is 0 Å². The van der Waals surface area contributed by atoms with Crippen molar-refractivity contribution >= 4 is 0 Å². The zero-order chi connectivity index (χ0) is 11.8. The maximum Gasteiger partial charge on any atom is 0.121 e. The number of aromatic nitrogens is 2. The Labute approximate surface area is 101 Å². The van der Waals surface area contributed by atoms with Crippen LogP contribution >= 0.6 is 0 Å². The quantitative estimate of drug-likeness (QED) is 0.853. The average molecular weight is 228 g/mol. The fourth-order valence-corrected chi connectivity index (χ4v) is 2.58. The SMILES string of the molecule is Cn1nccc1C(O)c1ccc2c(c1)CCC2. The molecule has 1 atom stereocenters. The van der Waals surface area contributed by atoms with E-state index >= 15 is 0 Å². The second-order valence-corrected chi connectivity index (χ2v) is 4.66. The summed E-state index contributed by atoms with van der Waals surface area (Å²) in [6.07, 6.45) is 4.69. The summed E-state index contributed by atoms with van der Waals surface area (Å²) in [6.45, 7) is 0. The van der Waals surface area contributed by atoms with Gasteiger partial charge in [-0.3, -0.25) is 4.68 Å². The number of aryl methyl sites for hydroxylation is 3. The lowest BCUT2D eigenvalue weighted by atomic mass is 10.0. The minimum atomic E-state index is -0.576. The Balaban J connectivity index is 1.97. The Morgan fingerprint density at radius 1 is 1.24 bits per heavy atom. The highest BCUT2D eigenvalue weighted by Crippen LogP contribution is 2.28. The van der Waals surface area contributed by atoms with Crippen molar-refractivity contribution in [1.29, 1.82) is 0 Å². The average Bonchev–Trinajstić information content (AvgIpc) is 2.95. The Morgan fingerprint density at radius 2 is 2.06 bits per heavy atom. The molecule has 1 heterocycles. The topological polar surface area (TPSA) is 38.0 Å². The van der Waals surface area contributed by atoms with Crippen LogP contribution in [-0.4, -0.2) is 14.9 Å². The number of nitrogens with zero attached hydrogens (tertiary/aromatic N) is 2. The molecule has 1 unspecified atom stereocenters. The van der Waals surface area contributed by atoms with Crippen molar-refractivity contribution in [2.24, 2.45) is 7.05 Å². The van der Waals surface area contributed by atoms with Gasteiger partial charge in [-0.05, 0) is 42.0 Å². The van der Waals surface area contributed by atoms with Crippen molar-refractivity contribution in [3.8, 4) is 0 Å². The third-order valence-electron chi connectivity index (χ3n) is 3.58. The van der Waals surface area contributed by atoms with E-state index in [1.54, 1.807) is 10.9 Å². The molecule has 1 aliphatic carbocycles. The Hall–Kier alpha value is -1.61. The molecule has 3 nitrogen and oxygen atoms in total. The van der Waals surface area contributed by atoms with E-state index in [-0.39, 0.29) is 0 Å². The van der Waals surface area contributed by atoms with E-state index in [1.807, 2.05) is 19.2 Å². The highest BCUT2D eigenvalue weighted by atomic mass is 16.3. The lowest BCUT2D eigenvalue weighted by Gasteiger charge is -2.12. The van der Waals surface area contributed by atoms with Crippen molar-refractivity contribution in [1.82, 2.24) is 9.78 Å². The highest BCUT2D eigenvalue weighted by Gasteiger charge is 2.17. The summed E-state index contributed by atoms with van der Waals surface area (Å²) in [4.78, 5) is 0. The first-order valence-electron chi connectivity index (χ1n) is 6.03. The fourth-order valence-electron chi connectivity index (χ4n) is 2.58. The van der Waals surface area contributed by atoms with Gasteiger partial charge in [0, 0.05) is 13.2 Å². The Morgan fingerprint density at radius 3 is 2.82 bits per heavy atom. The molecule has 1 aliphatic rings. The van der Waals surface area contributed by atoms with Crippen LogP contribution in [0.5, 0.6) is 0 Å². The summed E-state index contributed by atoms with van der Waals surface area (Å²) in [6, 6.07) is 8.18. The van der Waals surface area contributed by atoms with Gasteiger partial charge in [0.05, 0.1) is 5.69 Å². The summed E-state index contributed by atoms with van der Waals surface area (Å²) in [5.74, 6) is 0. The summed E-state index contributed by atoms with van der Waals surface area (Å²) in [5.41, 5.74) is 4.63. The molecule has 1 N–H and O–H groups in total. The van der Waals surface area contributed by atoms with Crippen molar-refractivity contribution in [3.63, 3.8) is 0 Å². The number of rotatable bonds is 2. The summed E-state index contributed by atoms with van der Waals surface area (Å²) >= 11 is 0. The third-order valence-corrected chi connectivity index (χ3v) is 3.58. The summed E-state index contributed by atoms with van der Waals surface area (Å²) in [7, 11) is 1.85. The van der Waals surface area contributed by atoms with E-state index in [1.165, 1.54) is 24.0 Å². The molecule has 2 aromatic rings. The van der Waals surface area contributed by atoms with Gasteiger partial charge >= 0.3 is 0 Å². The Kier molecular flexibility index (Phi) is 2.48. The third kappa shape index (κ3) is 1.76. The molecule has 0 fully saturated rings. The van der Waals surface area contributed by atoms with E-state index in [2.05, 4.69) is 17.2 Å². The number of fused-ring (bicyclic) bond motifs is 1. The first-order chi connectivity index (χ1) is 8.25. The van der Waals surface area contributed by atoms with Crippen LogP contribution in [0.3, 0.4) is 0 Å². The molecular formula is C14H16N2O. The van der Waals surface area contributed by atoms with Crippen LogP contribution in [0.25, 0.3) is 0 Å². The van der Waals surface area contributed by atoms with Gasteiger partial charge in [0.25, 0.3) is 0 Å². The molecule has 0 saturated heterocycles. The molecule has 1 aromatic heterocycles. The normalized spacial score (nSPS) is 15.9. The van der Waals surface area contributed by atoms with E-state index in [0.29, 0.717) is 0 Å². The smallest absolute Gasteiger partial charge is 0.121 e. The fraction of sp³-hybridized carbons (Fsp3) is 0.357. The van der Waals surface area contributed by atoms with E-state index in [4.69, 9.17) is 0 Å². The zero-order valence-corrected chi connectivity index (χ0v) is 9.93. The summed E-state index contributed by atoms with van der Waals surface area (Å²) in [5, 5.41) is 14.4. The zero-order valence-electron chi connectivity index (χ0n) is 9.93. The van der Waals surface area contributed by atoms with Gasteiger partial charge in [-0.1, -0.05) is 18.2 Å². The molecule has 3 rings (SSSR count). The molecule has 0 radical (unpaired) electrons. The first-order valence-corrected chi connectivity index (χ1v) is 6.03. The van der Waals surface area contributed by atoms with Gasteiger partial charge < -0.3 is 5.11 Å². The molecule has 1 aromatic carbocycles. The van der Waals surface area contributed by atoms with Gasteiger partial charge in [-0.2, -0.15) is 5.10 Å². The highest BCUT2D eigenvalue weighted by molar-refractivity contribution is 5.38. The molecule has 3 heteroatoms. The van der Waals surface area contributed by atoms with Crippen molar-refractivity contribution in [2.75, 3.05) is 0 Å². The first kappa shape index (κ1) is 10.5. The van der Waals surface area contributed by atoms with E-state index < -0.39 is 6.10 Å². The van der Waals surface area contributed by atoms with Crippen molar-refractivity contribution in [3.05, 3.63) is 52.8 Å². The van der Waals surface area contributed by atoms with Crippen LogP contribution in [0.2, 0.25) is 0 Å². The van der Waals surface area contributed by atoms with E-state index in [9.17, 15) is 5.11 Å². The lowest BCUT2D eigenvalue weighted by molar-refractivity contribution is 0.209. The van der Waals surface area contributed by atoms with E-state index in [0.717, 1.165) is 17.7 Å². The molecule has 0 amide bonds. The van der Waals surface area contributed by atoms with Crippen LogP contribution in [0.15, 0.2) is 30.5 Å². The van der Waals surface area contributed by atoms with Gasteiger partial charge in [-0.15, -0.1) is 0 Å². The van der Waals surface area contributed by atoms with Crippen LogP contribution < -0.4 is 0 Å². The molecule has 0 aliphatic heterocycles. The number of aliphatic hydroxyl groups excluding tert-OH is 1. The molecule has 0 bridgehead atoms. The van der Waals surface area contributed by atoms with Crippen molar-refractivity contribution < 1.29 is 5.11 Å². The second kappa shape index (κ2) is 4.00. The minimum Gasteiger partial charge on any atom is -0.382 e. The predicted molar refractivity (Wildman–Crippen MR) is 65.7 cm³/mol. The number of hydrogen-bond donors (Lipinski definition) is 1. The lowest BCUT2D eigenvalue weighted by Crippen LogP contribution is -2.07. The van der Waals surface area contributed by atoms with Crippen LogP contribution in [0.4, 0.5) is 0 Å². The number of hydrogen-bond acceptors (Lipinski definition) is 2. The monoisotopic (exact) mass is 228 g/mol. The van der Waals surface area contributed by atoms with Crippen molar-refractivity contribution in [2.45, 2.75) is 25.4 Å². The maximum absolute atomic E-state index is 10.3. The standard InChI is InChI=1S/C14H16N2O/c1-16-13(7-8-15-16)14(17)12-6-5-10-3-2-4-11(10)9-12/h5-9,14,17H,2-4H2,1H3. The minimum absolute atomic E-state index is 0.576. The molecule has 88 valence electrons. The second-order valence-electron chi connectivity index (χ2n) is 4.66. The molecular weight excluding hydrogens is 212 g/mol. The molecule has 17 heavy (non-hydrogen) atoms. The van der Waals surface area contributed by atoms with Gasteiger partial charge in [0.15, 0.2) is 0 Å². The van der Waals surface area contributed by atoms with Gasteiger partial charge in [0.1, 0.15) is 6.10 Å². The van der Waals surface area contributed by atoms with Crippen LogP contribution in [-0.2, 0) is 19.9 Å². The maximum atomic E-state index is 10.3.